The summed E-state index contributed by atoms with van der Waals surface area (Å²) in [6.07, 6.45) is 7.54. The van der Waals surface area contributed by atoms with Crippen molar-refractivity contribution in [3.63, 3.8) is 0 Å². The van der Waals surface area contributed by atoms with Crippen LogP contribution in [0.15, 0.2) is 48.5 Å². The Bertz CT molecular complexity index is 1110. The quantitative estimate of drug-likeness (QED) is 0.542. The number of carbonyl (C=O) groups is 3. The summed E-state index contributed by atoms with van der Waals surface area (Å²) in [4.78, 5) is 44.3. The zero-order chi connectivity index (χ0) is 26.4. The van der Waals surface area contributed by atoms with Crippen LogP contribution >= 0.6 is 0 Å². The molecule has 2 aliphatic rings. The van der Waals surface area contributed by atoms with Gasteiger partial charge in [-0.15, -0.1) is 0 Å². The van der Waals surface area contributed by atoms with Gasteiger partial charge in [-0.1, -0.05) is 56.5 Å². The molecule has 7 heteroatoms. The maximum absolute atomic E-state index is 14.5. The van der Waals surface area contributed by atoms with Gasteiger partial charge in [0.1, 0.15) is 17.9 Å². The van der Waals surface area contributed by atoms with Gasteiger partial charge in [0, 0.05) is 24.7 Å². The van der Waals surface area contributed by atoms with Crippen molar-refractivity contribution in [3.05, 3.63) is 65.5 Å². The van der Waals surface area contributed by atoms with Gasteiger partial charge in [-0.05, 0) is 68.4 Å². The molecule has 2 atom stereocenters. The topological polar surface area (TPSA) is 69.7 Å². The summed E-state index contributed by atoms with van der Waals surface area (Å²) >= 11 is 0. The van der Waals surface area contributed by atoms with Crippen LogP contribution in [0.2, 0.25) is 0 Å². The molecule has 2 aromatic rings. The molecule has 1 N–H and O–H groups in total. The van der Waals surface area contributed by atoms with E-state index in [9.17, 15) is 18.8 Å². The first kappa shape index (κ1) is 26.8. The fraction of sp³-hybridized carbons (Fsp3) is 0.500. The van der Waals surface area contributed by atoms with E-state index in [1.807, 2.05) is 31.2 Å². The van der Waals surface area contributed by atoms with Gasteiger partial charge in [0.25, 0.3) is 5.91 Å². The number of likely N-dealkylation sites (tertiary alicyclic amines) is 1. The van der Waals surface area contributed by atoms with Gasteiger partial charge < -0.3 is 10.2 Å². The number of hydrogen-bond acceptors (Lipinski definition) is 3. The third-order valence-electron chi connectivity index (χ3n) is 7.68. The van der Waals surface area contributed by atoms with E-state index in [0.29, 0.717) is 30.6 Å². The van der Waals surface area contributed by atoms with Crippen molar-refractivity contribution in [2.75, 3.05) is 11.4 Å². The average molecular weight is 508 g/mol. The molecule has 1 aliphatic carbocycles. The molecule has 198 valence electrons. The third kappa shape index (κ3) is 6.20. The second-order valence-corrected chi connectivity index (χ2v) is 10.2. The van der Waals surface area contributed by atoms with E-state index in [2.05, 4.69) is 5.32 Å². The van der Waals surface area contributed by atoms with Crippen LogP contribution in [0.5, 0.6) is 0 Å². The van der Waals surface area contributed by atoms with Crippen molar-refractivity contribution in [2.24, 2.45) is 0 Å². The van der Waals surface area contributed by atoms with E-state index in [1.165, 1.54) is 17.0 Å². The Morgan fingerprint density at radius 2 is 1.73 bits per heavy atom. The number of nitrogens with zero attached hydrogens (tertiary/aromatic N) is 2. The highest BCUT2D eigenvalue weighted by atomic mass is 19.1. The lowest BCUT2D eigenvalue weighted by atomic mass is 9.93. The van der Waals surface area contributed by atoms with Gasteiger partial charge in [-0.2, -0.15) is 0 Å². The van der Waals surface area contributed by atoms with Gasteiger partial charge in [0.2, 0.25) is 11.8 Å². The first-order chi connectivity index (χ1) is 17.9. The summed E-state index contributed by atoms with van der Waals surface area (Å²) in [6, 6.07) is 11.7. The van der Waals surface area contributed by atoms with Crippen LogP contribution in [0.25, 0.3) is 0 Å². The Labute approximate surface area is 219 Å². The molecule has 0 bridgehead atoms. The summed E-state index contributed by atoms with van der Waals surface area (Å²) in [5, 5.41) is 3.21. The van der Waals surface area contributed by atoms with Gasteiger partial charge in [0.05, 0.1) is 0 Å². The number of amides is 3. The van der Waals surface area contributed by atoms with Crippen LogP contribution in [0.3, 0.4) is 0 Å². The largest absolute Gasteiger partial charge is 0.351 e. The maximum atomic E-state index is 14.5. The van der Waals surface area contributed by atoms with Crippen molar-refractivity contribution in [2.45, 2.75) is 89.8 Å². The first-order valence-electron chi connectivity index (χ1n) is 13.6. The number of nitrogens with one attached hydrogen (secondary N) is 1. The molecular weight excluding hydrogens is 469 g/mol. The maximum Gasteiger partial charge on any atom is 0.250 e. The Morgan fingerprint density at radius 1 is 1.00 bits per heavy atom. The highest BCUT2D eigenvalue weighted by Crippen LogP contribution is 2.34. The summed E-state index contributed by atoms with van der Waals surface area (Å²) in [5.74, 6) is -1.20. The number of benzene rings is 2. The van der Waals surface area contributed by atoms with Crippen LogP contribution in [-0.2, 0) is 14.4 Å². The van der Waals surface area contributed by atoms with E-state index in [1.54, 1.807) is 24.0 Å². The molecule has 0 aromatic heterocycles. The minimum atomic E-state index is -0.988. The monoisotopic (exact) mass is 507 g/mol. The molecular formula is C30H38FN3O3. The molecule has 2 fully saturated rings. The Hall–Kier alpha value is -3.22. The first-order valence-corrected chi connectivity index (χ1v) is 13.6. The smallest absolute Gasteiger partial charge is 0.250 e. The lowest BCUT2D eigenvalue weighted by Gasteiger charge is -2.40. The molecule has 0 spiro atoms. The lowest BCUT2D eigenvalue weighted by molar-refractivity contribution is -0.141. The van der Waals surface area contributed by atoms with Gasteiger partial charge in [0.15, 0.2) is 0 Å². The fourth-order valence-electron chi connectivity index (χ4n) is 5.70. The van der Waals surface area contributed by atoms with E-state index in [0.717, 1.165) is 50.5 Å². The lowest BCUT2D eigenvalue weighted by Crippen LogP contribution is -2.56. The van der Waals surface area contributed by atoms with Crippen molar-refractivity contribution < 1.29 is 18.8 Å². The number of rotatable bonds is 7. The number of halogens is 1. The standard InChI is InChI=1S/C30H38FN3O3/c1-3-27(35)33-19-10-9-18-26(33)30(37)34(24-16-11-13-22(31)20-24)28(25-17-8-7-12-21(25)2)29(36)32-23-14-5-4-6-15-23/h7-8,11-13,16-17,20,23,26,28H,3-6,9-10,14-15,18-19H2,1-2H3,(H,32,36). The van der Waals surface area contributed by atoms with Crippen LogP contribution in [0.1, 0.15) is 81.9 Å². The van der Waals surface area contributed by atoms with E-state index in [4.69, 9.17) is 0 Å². The van der Waals surface area contributed by atoms with Crippen molar-refractivity contribution in [1.82, 2.24) is 10.2 Å². The predicted octanol–water partition coefficient (Wildman–Crippen LogP) is 5.45. The highest BCUT2D eigenvalue weighted by Gasteiger charge is 2.41. The van der Waals surface area contributed by atoms with Gasteiger partial charge >= 0.3 is 0 Å². The number of piperidine rings is 1. The zero-order valence-corrected chi connectivity index (χ0v) is 21.9. The van der Waals surface area contributed by atoms with Crippen LogP contribution < -0.4 is 10.2 Å². The van der Waals surface area contributed by atoms with E-state index >= 15 is 0 Å². The van der Waals surface area contributed by atoms with E-state index in [-0.39, 0.29) is 23.8 Å². The molecule has 1 heterocycles. The van der Waals surface area contributed by atoms with Crippen LogP contribution in [0.4, 0.5) is 10.1 Å². The molecule has 0 radical (unpaired) electrons. The Balaban J connectivity index is 1.81. The molecule has 1 saturated carbocycles. The predicted molar refractivity (Wildman–Crippen MR) is 142 cm³/mol. The minimum absolute atomic E-state index is 0.0464. The molecule has 3 amide bonds. The fourth-order valence-corrected chi connectivity index (χ4v) is 5.70. The minimum Gasteiger partial charge on any atom is -0.351 e. The molecule has 2 aromatic carbocycles. The Morgan fingerprint density at radius 3 is 2.43 bits per heavy atom. The van der Waals surface area contributed by atoms with E-state index < -0.39 is 17.9 Å². The second kappa shape index (κ2) is 12.3. The molecule has 6 nitrogen and oxygen atoms in total. The highest BCUT2D eigenvalue weighted by molar-refractivity contribution is 6.05. The summed E-state index contributed by atoms with van der Waals surface area (Å²) < 4.78 is 14.5. The van der Waals surface area contributed by atoms with Gasteiger partial charge in [-0.25, -0.2) is 4.39 Å². The Kier molecular flexibility index (Phi) is 8.95. The average Bonchev–Trinajstić information content (AvgIpc) is 2.92. The van der Waals surface area contributed by atoms with Crippen molar-refractivity contribution >= 4 is 23.4 Å². The van der Waals surface area contributed by atoms with Gasteiger partial charge in [-0.3, -0.25) is 19.3 Å². The SMILES string of the molecule is CCC(=O)N1CCCCC1C(=O)N(c1cccc(F)c1)C(C(=O)NC1CCCCC1)c1ccccc1C. The van der Waals surface area contributed by atoms with Crippen LogP contribution in [0, 0.1) is 12.7 Å². The third-order valence-corrected chi connectivity index (χ3v) is 7.68. The van der Waals surface area contributed by atoms with Crippen LogP contribution in [-0.4, -0.2) is 41.2 Å². The zero-order valence-electron chi connectivity index (χ0n) is 21.9. The summed E-state index contributed by atoms with van der Waals surface area (Å²) in [5.41, 5.74) is 1.87. The number of carbonyl (C=O) groups excluding carboxylic acids is 3. The molecule has 37 heavy (non-hydrogen) atoms. The molecule has 1 aliphatic heterocycles. The number of anilines is 1. The number of hydrogen-bond donors (Lipinski definition) is 1. The number of aryl methyl sites for hydroxylation is 1. The molecule has 4 rings (SSSR count). The van der Waals surface area contributed by atoms with Crippen molar-refractivity contribution in [1.29, 1.82) is 0 Å². The molecule has 1 saturated heterocycles. The van der Waals surface area contributed by atoms with Crippen molar-refractivity contribution in [3.8, 4) is 0 Å². The summed E-state index contributed by atoms with van der Waals surface area (Å²) in [7, 11) is 0. The second-order valence-electron chi connectivity index (χ2n) is 10.2. The normalized spacial score (nSPS) is 19.2. The summed E-state index contributed by atoms with van der Waals surface area (Å²) in [6.45, 7) is 4.21. The molecule has 2 unspecified atom stereocenters.